The second-order valence-corrected chi connectivity index (χ2v) is 7.32. The lowest BCUT2D eigenvalue weighted by Gasteiger charge is -2.14. The molecule has 5 heteroatoms. The average Bonchev–Trinajstić information content (AvgIpc) is 3.17. The largest absolute Gasteiger partial charge is 0.381 e. The number of thiophene rings is 1. The molecule has 118 valence electrons. The van der Waals surface area contributed by atoms with Crippen LogP contribution in [0.3, 0.4) is 0 Å². The Kier molecular flexibility index (Phi) is 6.06. The second-order valence-electron chi connectivity index (χ2n) is 5.86. The highest BCUT2D eigenvalue weighted by atomic mass is 32.1. The molecule has 0 bridgehead atoms. The average molecular weight is 310 g/mol. The Bertz CT molecular complexity index is 469. The normalized spacial score (nSPS) is 15.8. The number of carbonyl (C=O) groups excluding carboxylic acids is 1. The van der Waals surface area contributed by atoms with Gasteiger partial charge in [0.1, 0.15) is 0 Å². The van der Waals surface area contributed by atoms with Crippen LogP contribution in [0, 0.1) is 19.8 Å². The SMILES string of the molecule is Cc1cc(C(C)NC(=O)NCCCOCC2CC2)c(C)s1. The van der Waals surface area contributed by atoms with Gasteiger partial charge in [-0.1, -0.05) is 0 Å². The predicted molar refractivity (Wildman–Crippen MR) is 86.9 cm³/mol. The van der Waals surface area contributed by atoms with Crippen LogP contribution in [0.25, 0.3) is 0 Å². The Morgan fingerprint density at radius 1 is 1.48 bits per heavy atom. The first kappa shape index (κ1) is 16.3. The van der Waals surface area contributed by atoms with Crippen LogP contribution in [0.4, 0.5) is 4.79 Å². The molecule has 1 aromatic heterocycles. The van der Waals surface area contributed by atoms with Gasteiger partial charge in [-0.15, -0.1) is 11.3 Å². The molecule has 1 aliphatic rings. The lowest BCUT2D eigenvalue weighted by Crippen LogP contribution is -2.37. The van der Waals surface area contributed by atoms with Crippen LogP contribution >= 0.6 is 11.3 Å². The van der Waals surface area contributed by atoms with Gasteiger partial charge < -0.3 is 15.4 Å². The number of carbonyl (C=O) groups is 1. The van der Waals surface area contributed by atoms with Gasteiger partial charge in [0.15, 0.2) is 0 Å². The molecular weight excluding hydrogens is 284 g/mol. The third-order valence-corrected chi connectivity index (χ3v) is 4.68. The lowest BCUT2D eigenvalue weighted by molar-refractivity contribution is 0.122. The summed E-state index contributed by atoms with van der Waals surface area (Å²) in [5, 5.41) is 5.87. The van der Waals surface area contributed by atoms with Gasteiger partial charge in [0.25, 0.3) is 0 Å². The summed E-state index contributed by atoms with van der Waals surface area (Å²) in [6, 6.07) is 2.09. The quantitative estimate of drug-likeness (QED) is 0.722. The van der Waals surface area contributed by atoms with Crippen LogP contribution in [-0.2, 0) is 4.74 Å². The predicted octanol–water partition coefficient (Wildman–Crippen LogP) is 3.54. The minimum absolute atomic E-state index is 0.0427. The minimum atomic E-state index is -0.104. The van der Waals surface area contributed by atoms with E-state index < -0.39 is 0 Å². The van der Waals surface area contributed by atoms with Crippen molar-refractivity contribution >= 4 is 17.4 Å². The third-order valence-electron chi connectivity index (χ3n) is 3.69. The molecule has 1 heterocycles. The van der Waals surface area contributed by atoms with Gasteiger partial charge in [-0.2, -0.15) is 0 Å². The maximum atomic E-state index is 11.8. The molecule has 0 aromatic carbocycles. The van der Waals surface area contributed by atoms with Crippen LogP contribution in [-0.4, -0.2) is 25.8 Å². The summed E-state index contributed by atoms with van der Waals surface area (Å²) < 4.78 is 5.54. The van der Waals surface area contributed by atoms with Crippen LogP contribution in [0.15, 0.2) is 6.07 Å². The van der Waals surface area contributed by atoms with Crippen molar-refractivity contribution in [2.75, 3.05) is 19.8 Å². The molecule has 0 spiro atoms. The number of hydrogen-bond acceptors (Lipinski definition) is 3. The summed E-state index contributed by atoms with van der Waals surface area (Å²) in [7, 11) is 0. The van der Waals surface area contributed by atoms with E-state index in [1.54, 1.807) is 11.3 Å². The van der Waals surface area contributed by atoms with E-state index in [1.807, 2.05) is 6.92 Å². The highest BCUT2D eigenvalue weighted by Crippen LogP contribution is 2.28. The number of amides is 2. The summed E-state index contributed by atoms with van der Waals surface area (Å²) in [6.07, 6.45) is 3.51. The maximum absolute atomic E-state index is 11.8. The van der Waals surface area contributed by atoms with Gasteiger partial charge in [0.05, 0.1) is 6.04 Å². The first-order chi connectivity index (χ1) is 10.1. The molecule has 1 fully saturated rings. The molecule has 4 nitrogen and oxygen atoms in total. The zero-order valence-electron chi connectivity index (χ0n) is 13.2. The number of urea groups is 1. The van der Waals surface area contributed by atoms with Gasteiger partial charge >= 0.3 is 6.03 Å². The molecule has 0 radical (unpaired) electrons. The number of ether oxygens (including phenoxy) is 1. The van der Waals surface area contributed by atoms with Crippen molar-refractivity contribution in [2.24, 2.45) is 5.92 Å². The van der Waals surface area contributed by atoms with Crippen LogP contribution in [0.2, 0.25) is 0 Å². The highest BCUT2D eigenvalue weighted by Gasteiger charge is 2.20. The van der Waals surface area contributed by atoms with Crippen molar-refractivity contribution in [2.45, 2.75) is 46.1 Å². The number of hydrogen-bond donors (Lipinski definition) is 2. The monoisotopic (exact) mass is 310 g/mol. The molecule has 0 saturated heterocycles. The Hall–Kier alpha value is -1.07. The van der Waals surface area contributed by atoms with E-state index in [2.05, 4.69) is 30.5 Å². The van der Waals surface area contributed by atoms with Crippen molar-refractivity contribution in [3.05, 3.63) is 21.4 Å². The fourth-order valence-electron chi connectivity index (χ4n) is 2.32. The van der Waals surface area contributed by atoms with Crippen molar-refractivity contribution in [3.8, 4) is 0 Å². The van der Waals surface area contributed by atoms with Gasteiger partial charge in [-0.25, -0.2) is 4.79 Å². The highest BCUT2D eigenvalue weighted by molar-refractivity contribution is 7.12. The molecule has 1 aliphatic carbocycles. The van der Waals surface area contributed by atoms with Gasteiger partial charge in [-0.05, 0) is 57.6 Å². The third kappa shape index (κ3) is 5.67. The topological polar surface area (TPSA) is 50.4 Å². The van der Waals surface area contributed by atoms with Crippen LogP contribution in [0.5, 0.6) is 0 Å². The Morgan fingerprint density at radius 2 is 2.24 bits per heavy atom. The van der Waals surface area contributed by atoms with E-state index in [1.165, 1.54) is 28.2 Å². The van der Waals surface area contributed by atoms with E-state index in [0.29, 0.717) is 6.54 Å². The minimum Gasteiger partial charge on any atom is -0.381 e. The van der Waals surface area contributed by atoms with E-state index in [-0.39, 0.29) is 12.1 Å². The van der Waals surface area contributed by atoms with Gasteiger partial charge in [0, 0.05) is 29.5 Å². The molecule has 1 unspecified atom stereocenters. The fraction of sp³-hybridized carbons (Fsp3) is 0.688. The first-order valence-electron chi connectivity index (χ1n) is 7.75. The van der Waals surface area contributed by atoms with E-state index in [9.17, 15) is 4.79 Å². The Labute approximate surface area is 131 Å². The van der Waals surface area contributed by atoms with Crippen LogP contribution in [0.1, 0.15) is 47.5 Å². The summed E-state index contributed by atoms with van der Waals surface area (Å²) in [4.78, 5) is 14.4. The summed E-state index contributed by atoms with van der Waals surface area (Å²) in [5.74, 6) is 0.805. The lowest BCUT2D eigenvalue weighted by atomic mass is 10.1. The van der Waals surface area contributed by atoms with Crippen molar-refractivity contribution in [1.29, 1.82) is 0 Å². The van der Waals surface area contributed by atoms with Crippen molar-refractivity contribution < 1.29 is 9.53 Å². The van der Waals surface area contributed by atoms with E-state index >= 15 is 0 Å². The molecule has 1 aromatic rings. The molecule has 21 heavy (non-hydrogen) atoms. The maximum Gasteiger partial charge on any atom is 0.315 e. The molecule has 0 aliphatic heterocycles. The van der Waals surface area contributed by atoms with E-state index in [0.717, 1.165) is 25.6 Å². The summed E-state index contributed by atoms with van der Waals surface area (Å²) in [5.41, 5.74) is 1.21. The fourth-order valence-corrected chi connectivity index (χ4v) is 3.34. The molecule has 2 rings (SSSR count). The summed E-state index contributed by atoms with van der Waals surface area (Å²) >= 11 is 1.77. The Balaban J connectivity index is 1.58. The van der Waals surface area contributed by atoms with Crippen molar-refractivity contribution in [3.63, 3.8) is 0 Å². The zero-order chi connectivity index (χ0) is 15.2. The molecule has 2 amide bonds. The molecule has 2 N–H and O–H groups in total. The molecular formula is C16H26N2O2S. The zero-order valence-corrected chi connectivity index (χ0v) is 14.0. The Morgan fingerprint density at radius 3 is 2.86 bits per heavy atom. The first-order valence-corrected chi connectivity index (χ1v) is 8.57. The number of nitrogens with one attached hydrogen (secondary N) is 2. The number of aryl methyl sites for hydroxylation is 2. The van der Waals surface area contributed by atoms with Crippen LogP contribution < -0.4 is 10.6 Å². The standard InChI is InChI=1S/C16H26N2O2S/c1-11-9-15(13(3)21-11)12(2)18-16(19)17-7-4-8-20-10-14-5-6-14/h9,12,14H,4-8,10H2,1-3H3,(H2,17,18,19). The van der Waals surface area contributed by atoms with Crippen molar-refractivity contribution in [1.82, 2.24) is 10.6 Å². The molecule has 1 atom stereocenters. The smallest absolute Gasteiger partial charge is 0.315 e. The van der Waals surface area contributed by atoms with Gasteiger partial charge in [0.2, 0.25) is 0 Å². The van der Waals surface area contributed by atoms with E-state index in [4.69, 9.17) is 4.74 Å². The molecule has 1 saturated carbocycles. The second kappa shape index (κ2) is 7.80. The van der Waals surface area contributed by atoms with Gasteiger partial charge in [-0.3, -0.25) is 0 Å². The summed E-state index contributed by atoms with van der Waals surface area (Å²) in [6.45, 7) is 8.49. The number of rotatable bonds is 8.